The van der Waals surface area contributed by atoms with Crippen LogP contribution in [0.2, 0.25) is 0 Å². The summed E-state index contributed by atoms with van der Waals surface area (Å²) >= 11 is 0. The largest absolute Gasteiger partial charge is 0.319 e. The molecule has 0 bridgehead atoms. The van der Waals surface area contributed by atoms with E-state index in [0.717, 1.165) is 18.4 Å². The van der Waals surface area contributed by atoms with Gasteiger partial charge in [0.2, 0.25) is 0 Å². The highest BCUT2D eigenvalue weighted by Gasteiger charge is 2.24. The predicted molar refractivity (Wildman–Crippen MR) is 76.3 cm³/mol. The molecule has 1 unspecified atom stereocenters. The van der Waals surface area contributed by atoms with Crippen molar-refractivity contribution < 1.29 is 0 Å². The summed E-state index contributed by atoms with van der Waals surface area (Å²) in [6.07, 6.45) is 4.21. The maximum absolute atomic E-state index is 3.31. The summed E-state index contributed by atoms with van der Waals surface area (Å²) in [5.74, 6) is 1.81. The monoisotopic (exact) mass is 240 g/mol. The Morgan fingerprint density at radius 3 is 2.53 bits per heavy atom. The fourth-order valence-corrected chi connectivity index (χ4v) is 3.15. The van der Waals surface area contributed by atoms with Crippen molar-refractivity contribution in [1.82, 2.24) is 10.2 Å². The minimum absolute atomic E-state index is 0.395. The highest BCUT2D eigenvalue weighted by molar-refractivity contribution is 4.79. The van der Waals surface area contributed by atoms with Gasteiger partial charge in [-0.1, -0.05) is 27.7 Å². The summed E-state index contributed by atoms with van der Waals surface area (Å²) in [6.45, 7) is 14.4. The van der Waals surface area contributed by atoms with Crippen LogP contribution in [-0.4, -0.2) is 38.1 Å². The summed E-state index contributed by atoms with van der Waals surface area (Å²) in [5, 5.41) is 3.31. The number of nitrogens with zero attached hydrogens (tertiary/aromatic N) is 1. The van der Waals surface area contributed by atoms with Crippen LogP contribution in [0.3, 0.4) is 0 Å². The molecule has 0 radical (unpaired) electrons. The summed E-state index contributed by atoms with van der Waals surface area (Å²) in [6, 6.07) is 0. The van der Waals surface area contributed by atoms with E-state index >= 15 is 0 Å². The van der Waals surface area contributed by atoms with Gasteiger partial charge in [-0.25, -0.2) is 0 Å². The van der Waals surface area contributed by atoms with Crippen molar-refractivity contribution in [2.24, 2.45) is 17.3 Å². The van der Waals surface area contributed by atoms with E-state index in [1.807, 2.05) is 0 Å². The molecule has 1 N–H and O–H groups in total. The first-order valence-corrected chi connectivity index (χ1v) is 7.31. The fraction of sp³-hybridized carbons (Fsp3) is 1.00. The minimum Gasteiger partial charge on any atom is -0.319 e. The van der Waals surface area contributed by atoms with Gasteiger partial charge in [-0.3, -0.25) is 0 Å². The second kappa shape index (κ2) is 6.75. The average Bonchev–Trinajstić information content (AvgIpc) is 2.42. The van der Waals surface area contributed by atoms with Crippen LogP contribution in [0, 0.1) is 17.3 Å². The van der Waals surface area contributed by atoms with Crippen LogP contribution in [0.5, 0.6) is 0 Å². The lowest BCUT2D eigenvalue weighted by Crippen LogP contribution is -2.40. The number of likely N-dealkylation sites (tertiary alicyclic amines) is 1. The number of rotatable bonds is 5. The first-order valence-electron chi connectivity index (χ1n) is 7.31. The third kappa shape index (κ3) is 5.39. The van der Waals surface area contributed by atoms with Crippen molar-refractivity contribution in [2.45, 2.75) is 47.0 Å². The molecule has 0 aromatic carbocycles. The standard InChI is InChI=1S/C15H32N2/c1-13(2)14-7-6-9-17(10-8-14)12-15(3,4)11-16-5/h13-14,16H,6-12H2,1-5H3. The van der Waals surface area contributed by atoms with Gasteiger partial charge >= 0.3 is 0 Å². The van der Waals surface area contributed by atoms with Gasteiger partial charge in [-0.15, -0.1) is 0 Å². The second-order valence-electron chi connectivity index (χ2n) is 6.91. The molecule has 0 amide bonds. The van der Waals surface area contributed by atoms with Crippen LogP contribution in [0.25, 0.3) is 0 Å². The van der Waals surface area contributed by atoms with E-state index in [0.29, 0.717) is 5.41 Å². The molecular formula is C15H32N2. The Kier molecular flexibility index (Phi) is 5.94. The third-order valence-corrected chi connectivity index (χ3v) is 4.12. The molecule has 17 heavy (non-hydrogen) atoms. The second-order valence-corrected chi connectivity index (χ2v) is 6.91. The SMILES string of the molecule is CNCC(C)(C)CN1CCCC(C(C)C)CC1. The molecule has 1 rings (SSSR count). The van der Waals surface area contributed by atoms with Gasteiger partial charge in [0.05, 0.1) is 0 Å². The Morgan fingerprint density at radius 1 is 1.24 bits per heavy atom. The summed E-state index contributed by atoms with van der Waals surface area (Å²) in [4.78, 5) is 2.68. The highest BCUT2D eigenvalue weighted by Crippen LogP contribution is 2.26. The molecule has 2 nitrogen and oxygen atoms in total. The van der Waals surface area contributed by atoms with Crippen molar-refractivity contribution >= 4 is 0 Å². The van der Waals surface area contributed by atoms with Gasteiger partial charge in [0, 0.05) is 13.1 Å². The maximum atomic E-state index is 3.31. The Labute approximate surface area is 108 Å². The van der Waals surface area contributed by atoms with E-state index in [9.17, 15) is 0 Å². The molecule has 1 heterocycles. The van der Waals surface area contributed by atoms with Crippen molar-refractivity contribution in [3.8, 4) is 0 Å². The molecule has 1 atom stereocenters. The molecular weight excluding hydrogens is 208 g/mol. The zero-order valence-corrected chi connectivity index (χ0v) is 12.6. The zero-order chi connectivity index (χ0) is 12.9. The third-order valence-electron chi connectivity index (χ3n) is 4.12. The number of hydrogen-bond acceptors (Lipinski definition) is 2. The van der Waals surface area contributed by atoms with Crippen molar-refractivity contribution in [3.05, 3.63) is 0 Å². The van der Waals surface area contributed by atoms with E-state index in [2.05, 4.69) is 45.0 Å². The normalized spacial score (nSPS) is 24.0. The molecule has 1 aliphatic heterocycles. The van der Waals surface area contributed by atoms with Crippen molar-refractivity contribution in [3.63, 3.8) is 0 Å². The molecule has 0 spiro atoms. The van der Waals surface area contributed by atoms with E-state index in [4.69, 9.17) is 0 Å². The van der Waals surface area contributed by atoms with Gasteiger partial charge in [-0.05, 0) is 56.7 Å². The van der Waals surface area contributed by atoms with Crippen LogP contribution in [-0.2, 0) is 0 Å². The quantitative estimate of drug-likeness (QED) is 0.795. The first kappa shape index (κ1) is 15.0. The van der Waals surface area contributed by atoms with Crippen molar-refractivity contribution in [1.29, 1.82) is 0 Å². The Balaban J connectivity index is 2.41. The molecule has 102 valence electrons. The lowest BCUT2D eigenvalue weighted by Gasteiger charge is -2.32. The van der Waals surface area contributed by atoms with Gasteiger partial charge in [0.1, 0.15) is 0 Å². The predicted octanol–water partition coefficient (Wildman–Crippen LogP) is 2.99. The zero-order valence-electron chi connectivity index (χ0n) is 12.6. The van der Waals surface area contributed by atoms with Crippen molar-refractivity contribution in [2.75, 3.05) is 33.2 Å². The molecule has 0 aromatic rings. The van der Waals surface area contributed by atoms with E-state index < -0.39 is 0 Å². The Hall–Kier alpha value is -0.0800. The topological polar surface area (TPSA) is 15.3 Å². The number of nitrogens with one attached hydrogen (secondary N) is 1. The lowest BCUT2D eigenvalue weighted by atomic mass is 9.89. The van der Waals surface area contributed by atoms with Gasteiger partial charge in [0.15, 0.2) is 0 Å². The van der Waals surface area contributed by atoms with E-state index in [1.165, 1.54) is 38.9 Å². The molecule has 1 fully saturated rings. The highest BCUT2D eigenvalue weighted by atomic mass is 15.1. The van der Waals surface area contributed by atoms with Gasteiger partial charge < -0.3 is 10.2 Å². The van der Waals surface area contributed by atoms with Crippen LogP contribution >= 0.6 is 0 Å². The Morgan fingerprint density at radius 2 is 1.94 bits per heavy atom. The molecule has 0 aliphatic carbocycles. The Bertz CT molecular complexity index is 211. The lowest BCUT2D eigenvalue weighted by molar-refractivity contribution is 0.178. The van der Waals surface area contributed by atoms with Crippen LogP contribution < -0.4 is 5.32 Å². The smallest absolute Gasteiger partial charge is 0.00448 e. The molecule has 0 aromatic heterocycles. The molecule has 1 saturated heterocycles. The summed E-state index contributed by atoms with van der Waals surface area (Å²) in [7, 11) is 2.05. The fourth-order valence-electron chi connectivity index (χ4n) is 3.15. The van der Waals surface area contributed by atoms with Crippen LogP contribution in [0.4, 0.5) is 0 Å². The number of hydrogen-bond donors (Lipinski definition) is 1. The minimum atomic E-state index is 0.395. The van der Waals surface area contributed by atoms with E-state index in [1.54, 1.807) is 0 Å². The van der Waals surface area contributed by atoms with E-state index in [-0.39, 0.29) is 0 Å². The average molecular weight is 240 g/mol. The van der Waals surface area contributed by atoms with Gasteiger partial charge in [0.25, 0.3) is 0 Å². The molecule has 0 saturated carbocycles. The van der Waals surface area contributed by atoms with Crippen LogP contribution in [0.15, 0.2) is 0 Å². The summed E-state index contributed by atoms with van der Waals surface area (Å²) in [5.41, 5.74) is 0.395. The molecule has 2 heteroatoms. The van der Waals surface area contributed by atoms with Crippen LogP contribution in [0.1, 0.15) is 47.0 Å². The summed E-state index contributed by atoms with van der Waals surface area (Å²) < 4.78 is 0. The maximum Gasteiger partial charge on any atom is 0.00448 e. The van der Waals surface area contributed by atoms with Gasteiger partial charge in [-0.2, -0.15) is 0 Å². The first-order chi connectivity index (χ1) is 7.94. The molecule has 1 aliphatic rings.